The first kappa shape index (κ1) is 31.1. The number of piperidine rings is 1. The second-order valence-corrected chi connectivity index (χ2v) is 12.4. The number of unbranched alkanes of at least 4 members (excludes halogenated alkanes) is 1. The fourth-order valence-corrected chi connectivity index (χ4v) is 6.45. The molecule has 4 rings (SSSR count). The van der Waals surface area contributed by atoms with Crippen LogP contribution < -0.4 is 21.5 Å². The monoisotopic (exact) mass is 592 g/mol. The first-order valence-corrected chi connectivity index (χ1v) is 15.9. The molecule has 0 aromatic heterocycles. The van der Waals surface area contributed by atoms with Crippen LogP contribution in [0.25, 0.3) is 10.8 Å². The Morgan fingerprint density at radius 2 is 1.60 bits per heavy atom. The number of amides is 2. The Bertz CT molecular complexity index is 1500. The average molecular weight is 593 g/mol. The zero-order chi connectivity index (χ0) is 30.1. The number of benzene rings is 3. The van der Waals surface area contributed by atoms with Gasteiger partial charge in [0.15, 0.2) is 0 Å². The van der Waals surface area contributed by atoms with E-state index in [2.05, 4.69) is 10.0 Å². The summed E-state index contributed by atoms with van der Waals surface area (Å²) in [4.78, 5) is 29.2. The van der Waals surface area contributed by atoms with Gasteiger partial charge in [0, 0.05) is 25.1 Å². The number of nitrogen functional groups attached to an aromatic ring is 1. The molecule has 0 spiro atoms. The number of nitrogens with two attached hydrogens (primary N) is 2. The van der Waals surface area contributed by atoms with Gasteiger partial charge in [0.2, 0.25) is 21.8 Å². The second-order valence-electron chi connectivity index (χ2n) is 10.7. The Balaban J connectivity index is 1.57. The number of likely N-dealkylation sites (tertiary alicyclic amines) is 1. The van der Waals surface area contributed by atoms with E-state index in [9.17, 15) is 18.0 Å². The first-order valence-electron chi connectivity index (χ1n) is 14.4. The minimum atomic E-state index is -4.05. The molecule has 0 bridgehead atoms. The van der Waals surface area contributed by atoms with Crippen molar-refractivity contribution in [2.24, 2.45) is 11.5 Å². The summed E-state index contributed by atoms with van der Waals surface area (Å²) in [5, 5.41) is 12.2. The number of amidine groups is 1. The van der Waals surface area contributed by atoms with E-state index in [1.165, 1.54) is 6.07 Å². The summed E-state index contributed by atoms with van der Waals surface area (Å²) in [5.74, 6) is -0.821. The van der Waals surface area contributed by atoms with E-state index in [1.54, 1.807) is 41.3 Å². The number of nitrogens with one attached hydrogen (secondary N) is 3. The molecule has 7 N–H and O–H groups in total. The summed E-state index contributed by atoms with van der Waals surface area (Å²) >= 11 is 0. The van der Waals surface area contributed by atoms with Crippen molar-refractivity contribution in [2.45, 2.75) is 61.9 Å². The number of fused-ring (bicyclic) bond motifs is 1. The quantitative estimate of drug-likeness (QED) is 0.116. The van der Waals surface area contributed by atoms with Crippen molar-refractivity contribution in [1.82, 2.24) is 14.9 Å². The third-order valence-corrected chi connectivity index (χ3v) is 9.05. The summed E-state index contributed by atoms with van der Waals surface area (Å²) in [6.45, 7) is 1.64. The van der Waals surface area contributed by atoms with Crippen molar-refractivity contribution in [1.29, 1.82) is 5.41 Å². The number of hydrogen-bond donors (Lipinski definition) is 5. The molecule has 2 amide bonds. The van der Waals surface area contributed by atoms with Crippen molar-refractivity contribution in [2.75, 3.05) is 19.6 Å². The van der Waals surface area contributed by atoms with E-state index < -0.39 is 28.0 Å². The highest BCUT2D eigenvalue weighted by atomic mass is 32.2. The molecule has 0 saturated carbocycles. The van der Waals surface area contributed by atoms with Crippen LogP contribution in [0.2, 0.25) is 0 Å². The van der Waals surface area contributed by atoms with Gasteiger partial charge < -0.3 is 21.7 Å². The van der Waals surface area contributed by atoms with Gasteiger partial charge in [-0.2, -0.15) is 4.72 Å². The third-order valence-electron chi connectivity index (χ3n) is 7.58. The molecule has 3 aromatic rings. The zero-order valence-corrected chi connectivity index (χ0v) is 24.5. The summed E-state index contributed by atoms with van der Waals surface area (Å²) in [7, 11) is -4.05. The van der Waals surface area contributed by atoms with E-state index in [-0.39, 0.29) is 29.5 Å². The molecule has 224 valence electrons. The number of nitrogens with zero attached hydrogens (tertiary/aromatic N) is 1. The second kappa shape index (κ2) is 14.4. The van der Waals surface area contributed by atoms with Gasteiger partial charge in [-0.25, -0.2) is 8.42 Å². The van der Waals surface area contributed by atoms with Gasteiger partial charge >= 0.3 is 0 Å². The molecule has 10 nitrogen and oxygen atoms in total. The van der Waals surface area contributed by atoms with Crippen LogP contribution in [-0.2, 0) is 26.0 Å². The fraction of sp³-hybridized carbons (Fsp3) is 0.387. The highest BCUT2D eigenvalue weighted by Gasteiger charge is 2.32. The van der Waals surface area contributed by atoms with Crippen LogP contribution in [0.3, 0.4) is 0 Å². The standard InChI is InChI=1S/C31H40N6O4S/c32-17-5-4-10-27(36-42(40,41)26-16-15-23-8-2-3-9-25(23)21-26)30(38)35-28(31(39)37-18-6-1-7-19-37)20-22-11-13-24(14-12-22)29(33)34/h2-3,8-9,11-16,21,27-28,36H,1,4-7,10,17-20,32H2,(H3,33,34)(H,35,38)/t27-,28+/m0/s1. The van der Waals surface area contributed by atoms with Crippen LogP contribution in [0, 0.1) is 5.41 Å². The smallest absolute Gasteiger partial charge is 0.245 e. The normalized spacial score (nSPS) is 15.2. The lowest BCUT2D eigenvalue weighted by atomic mass is 10.0. The SMILES string of the molecule is N=C(N)c1ccc(C[C@@H](NC(=O)[C@H](CCCCN)NS(=O)(=O)c2ccc3ccccc3c2)C(=O)N2CCCCC2)cc1. The fourth-order valence-electron chi connectivity index (χ4n) is 5.19. The average Bonchev–Trinajstić information content (AvgIpc) is 3.00. The van der Waals surface area contributed by atoms with Crippen molar-refractivity contribution >= 4 is 38.4 Å². The Hall–Kier alpha value is -3.80. The van der Waals surface area contributed by atoms with Crippen LogP contribution >= 0.6 is 0 Å². The van der Waals surface area contributed by atoms with Gasteiger partial charge in [-0.15, -0.1) is 0 Å². The van der Waals surface area contributed by atoms with Crippen molar-refractivity contribution < 1.29 is 18.0 Å². The Kier molecular flexibility index (Phi) is 10.7. The predicted octanol–water partition coefficient (Wildman–Crippen LogP) is 2.64. The summed E-state index contributed by atoms with van der Waals surface area (Å²) < 4.78 is 29.5. The summed E-state index contributed by atoms with van der Waals surface area (Å²) in [6.07, 6.45) is 4.44. The number of rotatable bonds is 13. The van der Waals surface area contributed by atoms with Gasteiger partial charge in [0.05, 0.1) is 4.90 Å². The molecule has 1 aliphatic rings. The molecule has 0 radical (unpaired) electrons. The van der Waals surface area contributed by atoms with E-state index in [0.717, 1.165) is 35.6 Å². The highest BCUT2D eigenvalue weighted by molar-refractivity contribution is 7.89. The maximum atomic E-state index is 13.7. The number of sulfonamides is 1. The molecule has 11 heteroatoms. The summed E-state index contributed by atoms with van der Waals surface area (Å²) in [6, 6.07) is 17.3. The summed E-state index contributed by atoms with van der Waals surface area (Å²) in [5.41, 5.74) is 12.6. The zero-order valence-electron chi connectivity index (χ0n) is 23.7. The van der Waals surface area contributed by atoms with Crippen LogP contribution in [0.1, 0.15) is 49.7 Å². The predicted molar refractivity (Wildman–Crippen MR) is 164 cm³/mol. The molecular weight excluding hydrogens is 552 g/mol. The third kappa shape index (κ3) is 8.15. The lowest BCUT2D eigenvalue weighted by molar-refractivity contribution is -0.137. The van der Waals surface area contributed by atoms with Gasteiger partial charge in [-0.3, -0.25) is 15.0 Å². The van der Waals surface area contributed by atoms with E-state index in [1.807, 2.05) is 24.3 Å². The maximum Gasteiger partial charge on any atom is 0.245 e. The minimum Gasteiger partial charge on any atom is -0.384 e. The lowest BCUT2D eigenvalue weighted by Gasteiger charge is -2.31. The molecule has 0 aliphatic carbocycles. The van der Waals surface area contributed by atoms with Gasteiger partial charge in [0.25, 0.3) is 0 Å². The van der Waals surface area contributed by atoms with Crippen molar-refractivity contribution in [3.05, 3.63) is 77.9 Å². The lowest BCUT2D eigenvalue weighted by Crippen LogP contribution is -2.55. The molecule has 1 fully saturated rings. The van der Waals surface area contributed by atoms with Crippen LogP contribution in [0.4, 0.5) is 0 Å². The van der Waals surface area contributed by atoms with E-state index in [0.29, 0.717) is 38.0 Å². The van der Waals surface area contributed by atoms with Crippen LogP contribution in [-0.4, -0.2) is 62.7 Å². The Labute approximate surface area is 247 Å². The Morgan fingerprint density at radius 3 is 2.26 bits per heavy atom. The van der Waals surface area contributed by atoms with E-state index >= 15 is 0 Å². The first-order chi connectivity index (χ1) is 20.2. The number of hydrogen-bond acceptors (Lipinski definition) is 6. The van der Waals surface area contributed by atoms with Crippen LogP contribution in [0.15, 0.2) is 71.6 Å². The molecule has 2 atom stereocenters. The van der Waals surface area contributed by atoms with Gasteiger partial charge in [-0.1, -0.05) is 61.0 Å². The van der Waals surface area contributed by atoms with Crippen molar-refractivity contribution in [3.63, 3.8) is 0 Å². The molecule has 1 aliphatic heterocycles. The maximum absolute atomic E-state index is 13.7. The van der Waals surface area contributed by atoms with Gasteiger partial charge in [0.1, 0.15) is 17.9 Å². The van der Waals surface area contributed by atoms with Crippen LogP contribution in [0.5, 0.6) is 0 Å². The van der Waals surface area contributed by atoms with E-state index in [4.69, 9.17) is 16.9 Å². The Morgan fingerprint density at radius 1 is 0.905 bits per heavy atom. The number of carbonyl (C=O) groups is 2. The van der Waals surface area contributed by atoms with Crippen molar-refractivity contribution in [3.8, 4) is 0 Å². The molecule has 3 aromatic carbocycles. The highest BCUT2D eigenvalue weighted by Crippen LogP contribution is 2.20. The minimum absolute atomic E-state index is 0.0596. The molecule has 0 unspecified atom stereocenters. The molecular formula is C31H40N6O4S. The molecule has 1 saturated heterocycles. The largest absolute Gasteiger partial charge is 0.384 e. The van der Waals surface area contributed by atoms with Gasteiger partial charge in [-0.05, 0) is 67.1 Å². The topological polar surface area (TPSA) is 171 Å². The molecule has 1 heterocycles. The molecule has 42 heavy (non-hydrogen) atoms. The number of carbonyl (C=O) groups excluding carboxylic acids is 2.